The van der Waals surface area contributed by atoms with Gasteiger partial charge in [-0.25, -0.2) is 0 Å². The van der Waals surface area contributed by atoms with Crippen molar-refractivity contribution in [1.82, 2.24) is 9.80 Å². The van der Waals surface area contributed by atoms with Crippen LogP contribution in [0, 0.1) is 17.8 Å². The SMILES string of the molecule is CC1CC(C)CC(C(N)C2CN3CCN2CC3)C1. The summed E-state index contributed by atoms with van der Waals surface area (Å²) in [4.78, 5) is 5.27. The molecule has 2 bridgehead atoms. The summed E-state index contributed by atoms with van der Waals surface area (Å²) >= 11 is 0. The Morgan fingerprint density at radius 3 is 2.06 bits per heavy atom. The molecule has 0 amide bonds. The third-order valence-corrected chi connectivity index (χ3v) is 5.52. The minimum Gasteiger partial charge on any atom is -0.326 e. The molecule has 3 saturated heterocycles. The normalized spacial score (nSPS) is 50.2. The molecule has 0 aromatic carbocycles. The summed E-state index contributed by atoms with van der Waals surface area (Å²) < 4.78 is 0. The molecule has 2 N–H and O–H groups in total. The van der Waals surface area contributed by atoms with Gasteiger partial charge in [-0.2, -0.15) is 0 Å². The van der Waals surface area contributed by atoms with Gasteiger partial charge in [-0.15, -0.1) is 0 Å². The number of nitrogens with zero attached hydrogens (tertiary/aromatic N) is 2. The van der Waals surface area contributed by atoms with Gasteiger partial charge in [0.1, 0.15) is 0 Å². The van der Waals surface area contributed by atoms with Crippen molar-refractivity contribution in [2.24, 2.45) is 23.5 Å². The summed E-state index contributed by atoms with van der Waals surface area (Å²) in [5.41, 5.74) is 6.67. The van der Waals surface area contributed by atoms with Crippen molar-refractivity contribution in [3.05, 3.63) is 0 Å². The number of piperazine rings is 3. The summed E-state index contributed by atoms with van der Waals surface area (Å²) in [6, 6.07) is 1.04. The van der Waals surface area contributed by atoms with Crippen molar-refractivity contribution in [2.45, 2.75) is 45.2 Å². The fourth-order valence-corrected chi connectivity index (χ4v) is 4.66. The highest BCUT2D eigenvalue weighted by atomic mass is 15.3. The van der Waals surface area contributed by atoms with Crippen LogP contribution in [0.25, 0.3) is 0 Å². The first-order chi connectivity index (χ1) is 8.63. The molecule has 3 heterocycles. The molecule has 4 aliphatic rings. The van der Waals surface area contributed by atoms with Crippen LogP contribution in [0.5, 0.6) is 0 Å². The monoisotopic (exact) mass is 251 g/mol. The van der Waals surface area contributed by atoms with Crippen LogP contribution in [0.1, 0.15) is 33.1 Å². The summed E-state index contributed by atoms with van der Waals surface area (Å²) in [6.07, 6.45) is 4.12. The van der Waals surface area contributed by atoms with Crippen LogP contribution in [-0.2, 0) is 0 Å². The van der Waals surface area contributed by atoms with E-state index >= 15 is 0 Å². The minimum atomic E-state index is 0.401. The van der Waals surface area contributed by atoms with Crippen molar-refractivity contribution in [2.75, 3.05) is 32.7 Å². The maximum atomic E-state index is 6.67. The molecule has 4 atom stereocenters. The average molecular weight is 251 g/mol. The van der Waals surface area contributed by atoms with Crippen molar-refractivity contribution in [3.8, 4) is 0 Å². The summed E-state index contributed by atoms with van der Waals surface area (Å²) in [7, 11) is 0. The molecule has 3 nitrogen and oxygen atoms in total. The Balaban J connectivity index is 1.65. The zero-order valence-electron chi connectivity index (χ0n) is 12.0. The number of nitrogens with two attached hydrogens (primary N) is 1. The van der Waals surface area contributed by atoms with E-state index in [-0.39, 0.29) is 0 Å². The molecule has 3 aliphatic heterocycles. The van der Waals surface area contributed by atoms with Crippen LogP contribution in [-0.4, -0.2) is 54.6 Å². The van der Waals surface area contributed by atoms with Gasteiger partial charge in [-0.3, -0.25) is 9.80 Å². The van der Waals surface area contributed by atoms with Crippen molar-refractivity contribution < 1.29 is 0 Å². The Hall–Kier alpha value is -0.120. The van der Waals surface area contributed by atoms with Gasteiger partial charge < -0.3 is 5.73 Å². The Morgan fingerprint density at radius 2 is 1.56 bits per heavy atom. The van der Waals surface area contributed by atoms with Gasteiger partial charge in [0, 0.05) is 44.8 Å². The first kappa shape index (κ1) is 12.9. The lowest BCUT2D eigenvalue weighted by atomic mass is 9.72. The molecule has 0 radical (unpaired) electrons. The second-order valence-electron chi connectivity index (χ2n) is 7.16. The largest absolute Gasteiger partial charge is 0.326 e. The van der Waals surface area contributed by atoms with E-state index in [2.05, 4.69) is 23.6 Å². The quantitative estimate of drug-likeness (QED) is 0.805. The van der Waals surface area contributed by atoms with Gasteiger partial charge in [-0.05, 0) is 37.0 Å². The molecule has 1 aliphatic carbocycles. The van der Waals surface area contributed by atoms with Crippen LogP contribution in [0.4, 0.5) is 0 Å². The Labute approximate surface area is 112 Å². The predicted molar refractivity (Wildman–Crippen MR) is 75.4 cm³/mol. The van der Waals surface area contributed by atoms with E-state index < -0.39 is 0 Å². The fraction of sp³-hybridized carbons (Fsp3) is 1.00. The van der Waals surface area contributed by atoms with Crippen LogP contribution >= 0.6 is 0 Å². The highest BCUT2D eigenvalue weighted by Gasteiger charge is 2.39. The molecule has 104 valence electrons. The molecule has 4 unspecified atom stereocenters. The number of fused-ring (bicyclic) bond motifs is 3. The zero-order valence-corrected chi connectivity index (χ0v) is 12.0. The van der Waals surface area contributed by atoms with E-state index in [9.17, 15) is 0 Å². The van der Waals surface area contributed by atoms with Gasteiger partial charge >= 0.3 is 0 Å². The number of hydrogen-bond acceptors (Lipinski definition) is 3. The third kappa shape index (κ3) is 2.45. The lowest BCUT2D eigenvalue weighted by Crippen LogP contribution is -2.67. The molecular weight excluding hydrogens is 222 g/mol. The van der Waals surface area contributed by atoms with Gasteiger partial charge in [0.05, 0.1) is 0 Å². The number of hydrogen-bond donors (Lipinski definition) is 1. The number of rotatable bonds is 2. The van der Waals surface area contributed by atoms with Crippen LogP contribution < -0.4 is 5.73 Å². The van der Waals surface area contributed by atoms with Crippen LogP contribution in [0.2, 0.25) is 0 Å². The Morgan fingerprint density at radius 1 is 0.944 bits per heavy atom. The van der Waals surface area contributed by atoms with E-state index in [4.69, 9.17) is 5.73 Å². The summed E-state index contributed by atoms with van der Waals surface area (Å²) in [6.45, 7) is 11.1. The van der Waals surface area contributed by atoms with Gasteiger partial charge in [0.25, 0.3) is 0 Å². The lowest BCUT2D eigenvalue weighted by Gasteiger charge is -2.51. The molecule has 0 aromatic heterocycles. The highest BCUT2D eigenvalue weighted by Crippen LogP contribution is 2.36. The zero-order chi connectivity index (χ0) is 12.7. The molecule has 4 fully saturated rings. The molecule has 18 heavy (non-hydrogen) atoms. The third-order valence-electron chi connectivity index (χ3n) is 5.52. The minimum absolute atomic E-state index is 0.401. The second-order valence-corrected chi connectivity index (χ2v) is 7.16. The van der Waals surface area contributed by atoms with E-state index in [1.807, 2.05) is 0 Å². The van der Waals surface area contributed by atoms with Gasteiger partial charge in [0.15, 0.2) is 0 Å². The highest BCUT2D eigenvalue weighted by molar-refractivity contribution is 4.97. The lowest BCUT2D eigenvalue weighted by molar-refractivity contribution is -0.0128. The van der Waals surface area contributed by atoms with Crippen molar-refractivity contribution in [3.63, 3.8) is 0 Å². The topological polar surface area (TPSA) is 32.5 Å². The predicted octanol–water partition coefficient (Wildman–Crippen LogP) is 1.39. The maximum absolute atomic E-state index is 6.67. The molecule has 1 saturated carbocycles. The maximum Gasteiger partial charge on any atom is 0.0378 e. The molecule has 0 spiro atoms. The van der Waals surface area contributed by atoms with E-state index in [1.165, 1.54) is 52.0 Å². The smallest absolute Gasteiger partial charge is 0.0378 e. The molecule has 3 heteroatoms. The van der Waals surface area contributed by atoms with Crippen LogP contribution in [0.15, 0.2) is 0 Å². The Kier molecular flexibility index (Phi) is 3.65. The van der Waals surface area contributed by atoms with E-state index in [0.29, 0.717) is 12.1 Å². The Bertz CT molecular complexity index is 275. The van der Waals surface area contributed by atoms with Gasteiger partial charge in [0.2, 0.25) is 0 Å². The molecule has 0 aromatic rings. The van der Waals surface area contributed by atoms with E-state index in [0.717, 1.165) is 17.8 Å². The second kappa shape index (κ2) is 5.10. The standard InChI is InChI=1S/C15H29N3/c1-11-7-12(2)9-13(8-11)15(16)14-10-17-3-5-18(14)6-4-17/h11-15H,3-10,16H2,1-2H3. The molecular formula is C15H29N3. The fourth-order valence-electron chi connectivity index (χ4n) is 4.66. The first-order valence-electron chi connectivity index (χ1n) is 7.85. The van der Waals surface area contributed by atoms with Crippen LogP contribution in [0.3, 0.4) is 0 Å². The van der Waals surface area contributed by atoms with Crippen molar-refractivity contribution in [1.29, 1.82) is 0 Å². The summed E-state index contributed by atoms with van der Waals surface area (Å²) in [5.74, 6) is 2.51. The summed E-state index contributed by atoms with van der Waals surface area (Å²) in [5, 5.41) is 0. The van der Waals surface area contributed by atoms with E-state index in [1.54, 1.807) is 0 Å². The van der Waals surface area contributed by atoms with Gasteiger partial charge in [-0.1, -0.05) is 13.8 Å². The molecule has 4 rings (SSSR count). The first-order valence-corrected chi connectivity index (χ1v) is 7.85. The average Bonchev–Trinajstić information content (AvgIpc) is 2.38. The van der Waals surface area contributed by atoms with Crippen molar-refractivity contribution >= 4 is 0 Å².